The summed E-state index contributed by atoms with van der Waals surface area (Å²) in [5, 5.41) is 0. The number of Topliss-reactive ketones (excluding diaryl/α,β-unsaturated/α-hetero) is 1. The van der Waals surface area contributed by atoms with Gasteiger partial charge in [-0.25, -0.2) is 0 Å². The minimum Gasteiger partial charge on any atom is -0.429 e. The molecular formula is C22H26O4. The summed E-state index contributed by atoms with van der Waals surface area (Å²) in [5.41, 5.74) is 2.97. The van der Waals surface area contributed by atoms with Crippen molar-refractivity contribution < 1.29 is 19.1 Å². The third-order valence-electron chi connectivity index (χ3n) is 5.85. The molecule has 0 saturated carbocycles. The lowest BCUT2D eigenvalue weighted by atomic mass is 9.80. The number of hydrogen-bond donors (Lipinski definition) is 0. The van der Waals surface area contributed by atoms with Gasteiger partial charge in [0.2, 0.25) is 0 Å². The minimum atomic E-state index is -0.626. The van der Waals surface area contributed by atoms with E-state index >= 15 is 0 Å². The van der Waals surface area contributed by atoms with E-state index in [2.05, 4.69) is 0 Å². The average Bonchev–Trinajstić information content (AvgIpc) is 3.23. The Balaban J connectivity index is 1.86. The molecule has 2 heterocycles. The van der Waals surface area contributed by atoms with Gasteiger partial charge in [0.25, 0.3) is 0 Å². The van der Waals surface area contributed by atoms with E-state index in [9.17, 15) is 9.59 Å². The van der Waals surface area contributed by atoms with Crippen LogP contribution in [-0.2, 0) is 19.1 Å². The number of carbonyl (C=O) groups excluding carboxylic acids is 2. The van der Waals surface area contributed by atoms with Crippen LogP contribution in [0.5, 0.6) is 0 Å². The van der Waals surface area contributed by atoms with Crippen molar-refractivity contribution in [1.82, 2.24) is 0 Å². The second-order valence-corrected chi connectivity index (χ2v) is 8.90. The van der Waals surface area contributed by atoms with Crippen molar-refractivity contribution in [3.8, 4) is 0 Å². The lowest BCUT2D eigenvalue weighted by molar-refractivity contribution is -0.149. The number of carbonyl (C=O) groups is 2. The molecule has 0 N–H and O–H groups in total. The molecule has 2 aliphatic heterocycles. The van der Waals surface area contributed by atoms with Crippen LogP contribution in [0.4, 0.5) is 0 Å². The quantitative estimate of drug-likeness (QED) is 0.754. The van der Waals surface area contributed by atoms with Gasteiger partial charge in [-0.1, -0.05) is 23.8 Å². The van der Waals surface area contributed by atoms with E-state index in [1.165, 1.54) is 0 Å². The number of esters is 1. The molecule has 3 aliphatic rings. The molecule has 26 heavy (non-hydrogen) atoms. The average molecular weight is 354 g/mol. The molecule has 1 aromatic carbocycles. The van der Waals surface area contributed by atoms with Gasteiger partial charge >= 0.3 is 5.97 Å². The van der Waals surface area contributed by atoms with Crippen molar-refractivity contribution in [3.63, 3.8) is 0 Å². The molecule has 0 spiro atoms. The molecule has 2 fully saturated rings. The van der Waals surface area contributed by atoms with E-state index in [4.69, 9.17) is 9.47 Å². The van der Waals surface area contributed by atoms with Crippen molar-refractivity contribution in [3.05, 3.63) is 40.6 Å². The number of rotatable bonds is 2. The van der Waals surface area contributed by atoms with Crippen molar-refractivity contribution in [2.75, 3.05) is 0 Å². The van der Waals surface area contributed by atoms with Gasteiger partial charge in [0.1, 0.15) is 5.76 Å². The predicted octanol–water partition coefficient (Wildman–Crippen LogP) is 3.98. The Kier molecular flexibility index (Phi) is 3.88. The highest BCUT2D eigenvalue weighted by Crippen LogP contribution is 2.55. The van der Waals surface area contributed by atoms with Crippen molar-refractivity contribution in [1.29, 1.82) is 0 Å². The monoisotopic (exact) mass is 354 g/mol. The second-order valence-electron chi connectivity index (χ2n) is 8.90. The van der Waals surface area contributed by atoms with Crippen LogP contribution < -0.4 is 0 Å². The van der Waals surface area contributed by atoms with Gasteiger partial charge < -0.3 is 9.47 Å². The van der Waals surface area contributed by atoms with Gasteiger partial charge in [-0.05, 0) is 58.6 Å². The van der Waals surface area contributed by atoms with Gasteiger partial charge in [-0.15, -0.1) is 0 Å². The first kappa shape index (κ1) is 17.5. The van der Waals surface area contributed by atoms with Crippen LogP contribution >= 0.6 is 0 Å². The largest absolute Gasteiger partial charge is 0.429 e. The summed E-state index contributed by atoms with van der Waals surface area (Å²) in [7, 11) is 0. The van der Waals surface area contributed by atoms with Crippen LogP contribution in [0.15, 0.2) is 24.0 Å². The van der Waals surface area contributed by atoms with Crippen molar-refractivity contribution in [2.24, 2.45) is 17.3 Å². The maximum Gasteiger partial charge on any atom is 0.316 e. The maximum absolute atomic E-state index is 13.4. The molecule has 4 heteroatoms. The number of allylic oxidation sites excluding steroid dienone is 1. The molecule has 138 valence electrons. The summed E-state index contributed by atoms with van der Waals surface area (Å²) in [6.07, 6.45) is 1.79. The minimum absolute atomic E-state index is 0.0145. The fraction of sp³-hybridized carbons (Fsp3) is 0.545. The molecule has 4 rings (SSSR count). The molecule has 4 atom stereocenters. The van der Waals surface area contributed by atoms with Gasteiger partial charge in [0, 0.05) is 0 Å². The SMILES string of the molecule is Cc1ccc(C)c(C2=C(OC(=O)C(C)(C)C)[C@H]3[C@@H](C2=O)[C@@H]2CC[C@H]3O2)c1. The molecule has 0 unspecified atom stereocenters. The predicted molar refractivity (Wildman–Crippen MR) is 98.3 cm³/mol. The van der Waals surface area contributed by atoms with E-state index in [0.717, 1.165) is 29.5 Å². The zero-order chi connectivity index (χ0) is 18.8. The van der Waals surface area contributed by atoms with Crippen LogP contribution in [0.2, 0.25) is 0 Å². The fourth-order valence-corrected chi connectivity index (χ4v) is 4.44. The summed E-state index contributed by atoms with van der Waals surface area (Å²) in [6.45, 7) is 9.51. The third-order valence-corrected chi connectivity index (χ3v) is 5.85. The van der Waals surface area contributed by atoms with Crippen molar-refractivity contribution >= 4 is 17.3 Å². The zero-order valence-electron chi connectivity index (χ0n) is 16.1. The van der Waals surface area contributed by atoms with Gasteiger partial charge in [0.15, 0.2) is 5.78 Å². The second kappa shape index (κ2) is 5.78. The summed E-state index contributed by atoms with van der Waals surface area (Å²) in [4.78, 5) is 26.0. The lowest BCUT2D eigenvalue weighted by Gasteiger charge is -2.24. The van der Waals surface area contributed by atoms with Crippen LogP contribution in [0.25, 0.3) is 5.57 Å². The summed E-state index contributed by atoms with van der Waals surface area (Å²) >= 11 is 0. The van der Waals surface area contributed by atoms with Gasteiger partial charge in [0.05, 0.1) is 35.0 Å². The van der Waals surface area contributed by atoms with E-state index in [0.29, 0.717) is 11.3 Å². The van der Waals surface area contributed by atoms with E-state index in [-0.39, 0.29) is 35.8 Å². The Morgan fingerprint density at radius 2 is 1.77 bits per heavy atom. The highest BCUT2D eigenvalue weighted by atomic mass is 16.5. The molecule has 1 aromatic rings. The van der Waals surface area contributed by atoms with Gasteiger partial charge in [-0.3, -0.25) is 9.59 Å². The number of aryl methyl sites for hydroxylation is 2. The smallest absolute Gasteiger partial charge is 0.316 e. The molecular weight excluding hydrogens is 328 g/mol. The Bertz CT molecular complexity index is 827. The Hall–Kier alpha value is -1.94. The standard InChI is InChI=1S/C22H26O4/c1-11-6-7-12(2)13(10-11)16-19(23)17-14-8-9-15(25-14)18(17)20(16)26-21(24)22(3,4)5/h6-7,10,14-15,17-18H,8-9H2,1-5H3/t14-,15+,17-,18+/m0/s1. The summed E-state index contributed by atoms with van der Waals surface area (Å²) in [6, 6.07) is 6.08. The van der Waals surface area contributed by atoms with Crippen LogP contribution in [0.1, 0.15) is 50.3 Å². The van der Waals surface area contributed by atoms with E-state index in [1.807, 2.05) is 52.8 Å². The van der Waals surface area contributed by atoms with E-state index < -0.39 is 5.41 Å². The first-order chi connectivity index (χ1) is 12.2. The first-order valence-corrected chi connectivity index (χ1v) is 9.42. The summed E-state index contributed by atoms with van der Waals surface area (Å²) < 4.78 is 11.9. The maximum atomic E-state index is 13.4. The Morgan fingerprint density at radius 1 is 1.12 bits per heavy atom. The topological polar surface area (TPSA) is 52.6 Å². The molecule has 0 amide bonds. The Morgan fingerprint density at radius 3 is 2.42 bits per heavy atom. The molecule has 0 aromatic heterocycles. The summed E-state index contributed by atoms with van der Waals surface area (Å²) in [5.74, 6) is -0.00569. The van der Waals surface area contributed by atoms with E-state index in [1.54, 1.807) is 0 Å². The lowest BCUT2D eigenvalue weighted by Crippen LogP contribution is -2.31. The number of benzene rings is 1. The molecule has 1 aliphatic carbocycles. The fourth-order valence-electron chi connectivity index (χ4n) is 4.44. The number of hydrogen-bond acceptors (Lipinski definition) is 4. The molecule has 4 nitrogen and oxygen atoms in total. The highest BCUT2D eigenvalue weighted by molar-refractivity contribution is 6.26. The first-order valence-electron chi connectivity index (χ1n) is 9.42. The molecule has 0 radical (unpaired) electrons. The van der Waals surface area contributed by atoms with Crippen LogP contribution in [0, 0.1) is 31.1 Å². The van der Waals surface area contributed by atoms with Crippen LogP contribution in [0.3, 0.4) is 0 Å². The third kappa shape index (κ3) is 2.54. The van der Waals surface area contributed by atoms with Gasteiger partial charge in [-0.2, -0.15) is 0 Å². The number of ether oxygens (including phenoxy) is 2. The normalized spacial score (nSPS) is 30.1. The number of ketones is 1. The van der Waals surface area contributed by atoms with Crippen LogP contribution in [-0.4, -0.2) is 24.0 Å². The molecule has 2 bridgehead atoms. The Labute approximate surface area is 154 Å². The zero-order valence-corrected chi connectivity index (χ0v) is 16.1. The van der Waals surface area contributed by atoms with Crippen molar-refractivity contribution in [2.45, 2.75) is 59.7 Å². The molecule has 2 saturated heterocycles. The number of fused-ring (bicyclic) bond motifs is 5. The highest BCUT2D eigenvalue weighted by Gasteiger charge is 2.60.